The van der Waals surface area contributed by atoms with Crippen molar-refractivity contribution in [1.29, 1.82) is 0 Å². The van der Waals surface area contributed by atoms with Gasteiger partial charge in [-0.05, 0) is 12.1 Å². The first-order valence-corrected chi connectivity index (χ1v) is 5.05. The van der Waals surface area contributed by atoms with E-state index < -0.39 is 0 Å². The van der Waals surface area contributed by atoms with Crippen molar-refractivity contribution in [2.75, 3.05) is 17.8 Å². The molecule has 0 saturated carbocycles. The van der Waals surface area contributed by atoms with Crippen molar-refractivity contribution in [2.45, 2.75) is 0 Å². The van der Waals surface area contributed by atoms with E-state index in [9.17, 15) is 0 Å². The third-order valence-corrected chi connectivity index (χ3v) is 2.38. The fourth-order valence-electron chi connectivity index (χ4n) is 1.56. The molecule has 3 rings (SSSR count). The standard InChI is InChI=1S/C11H10N4O2/c12-8-4-13-5-14-11(8)15-7-1-2-9-10(3-7)17-6-16-9/h1-5H,6,12H2,(H,13,14,15). The zero-order valence-corrected chi connectivity index (χ0v) is 8.88. The van der Waals surface area contributed by atoms with Crippen molar-refractivity contribution < 1.29 is 9.47 Å². The van der Waals surface area contributed by atoms with Crippen LogP contribution in [0.1, 0.15) is 0 Å². The summed E-state index contributed by atoms with van der Waals surface area (Å²) in [6.45, 7) is 0.258. The molecule has 86 valence electrons. The van der Waals surface area contributed by atoms with E-state index in [1.165, 1.54) is 6.33 Å². The number of anilines is 3. The van der Waals surface area contributed by atoms with Gasteiger partial charge in [0.05, 0.1) is 11.9 Å². The SMILES string of the molecule is Nc1cncnc1Nc1ccc2c(c1)OCO2. The minimum Gasteiger partial charge on any atom is -0.454 e. The summed E-state index contributed by atoms with van der Waals surface area (Å²) < 4.78 is 10.5. The minimum absolute atomic E-state index is 0.258. The van der Waals surface area contributed by atoms with Crippen molar-refractivity contribution in [1.82, 2.24) is 9.97 Å². The molecule has 0 fully saturated rings. The molecule has 1 aromatic carbocycles. The van der Waals surface area contributed by atoms with Gasteiger partial charge < -0.3 is 20.5 Å². The molecule has 0 amide bonds. The molecular formula is C11H10N4O2. The van der Waals surface area contributed by atoms with Crippen molar-refractivity contribution in [3.8, 4) is 11.5 Å². The van der Waals surface area contributed by atoms with Crippen molar-refractivity contribution in [3.63, 3.8) is 0 Å². The van der Waals surface area contributed by atoms with Crippen LogP contribution in [0.4, 0.5) is 17.2 Å². The van der Waals surface area contributed by atoms with Crippen molar-refractivity contribution >= 4 is 17.2 Å². The van der Waals surface area contributed by atoms with E-state index in [1.807, 2.05) is 18.2 Å². The van der Waals surface area contributed by atoms with E-state index in [-0.39, 0.29) is 6.79 Å². The number of nitrogens with one attached hydrogen (secondary N) is 1. The Hall–Kier alpha value is -2.50. The molecule has 17 heavy (non-hydrogen) atoms. The molecule has 0 radical (unpaired) electrons. The highest BCUT2D eigenvalue weighted by Crippen LogP contribution is 2.35. The molecule has 0 unspecified atom stereocenters. The molecule has 0 saturated heterocycles. The molecule has 6 heteroatoms. The van der Waals surface area contributed by atoms with Gasteiger partial charge in [-0.15, -0.1) is 0 Å². The Labute approximate surface area is 97.4 Å². The van der Waals surface area contributed by atoms with E-state index in [1.54, 1.807) is 6.20 Å². The number of hydrogen-bond donors (Lipinski definition) is 2. The van der Waals surface area contributed by atoms with Crippen LogP contribution in [-0.2, 0) is 0 Å². The smallest absolute Gasteiger partial charge is 0.231 e. The Bertz CT molecular complexity index is 559. The van der Waals surface area contributed by atoms with E-state index in [2.05, 4.69) is 15.3 Å². The molecular weight excluding hydrogens is 220 g/mol. The lowest BCUT2D eigenvalue weighted by Gasteiger charge is -2.07. The van der Waals surface area contributed by atoms with Gasteiger partial charge in [0.25, 0.3) is 0 Å². The quantitative estimate of drug-likeness (QED) is 0.814. The van der Waals surface area contributed by atoms with E-state index in [0.717, 1.165) is 11.4 Å². The highest BCUT2D eigenvalue weighted by atomic mass is 16.7. The molecule has 1 aliphatic rings. The van der Waals surface area contributed by atoms with Crippen LogP contribution in [-0.4, -0.2) is 16.8 Å². The first-order valence-electron chi connectivity index (χ1n) is 5.05. The first-order chi connectivity index (χ1) is 8.33. The summed E-state index contributed by atoms with van der Waals surface area (Å²) in [5.74, 6) is 2.02. The van der Waals surface area contributed by atoms with Gasteiger partial charge in [0, 0.05) is 11.8 Å². The van der Waals surface area contributed by atoms with Gasteiger partial charge >= 0.3 is 0 Å². The van der Waals surface area contributed by atoms with Gasteiger partial charge in [0.15, 0.2) is 17.3 Å². The Morgan fingerprint density at radius 1 is 1.24 bits per heavy atom. The highest BCUT2D eigenvalue weighted by molar-refractivity contribution is 5.69. The van der Waals surface area contributed by atoms with E-state index in [4.69, 9.17) is 15.2 Å². The maximum Gasteiger partial charge on any atom is 0.231 e. The molecule has 6 nitrogen and oxygen atoms in total. The molecule has 2 heterocycles. The molecule has 0 bridgehead atoms. The Morgan fingerprint density at radius 2 is 2.12 bits per heavy atom. The molecule has 3 N–H and O–H groups in total. The van der Waals surface area contributed by atoms with Crippen molar-refractivity contribution in [3.05, 3.63) is 30.7 Å². The summed E-state index contributed by atoms with van der Waals surface area (Å²) in [5, 5.41) is 3.09. The number of rotatable bonds is 2. The maximum atomic E-state index is 5.74. The lowest BCUT2D eigenvalue weighted by molar-refractivity contribution is 0.174. The Morgan fingerprint density at radius 3 is 3.00 bits per heavy atom. The van der Waals surface area contributed by atoms with Crippen molar-refractivity contribution in [2.24, 2.45) is 0 Å². The summed E-state index contributed by atoms with van der Waals surface area (Å²) in [6, 6.07) is 5.54. The number of nitrogens with zero attached hydrogens (tertiary/aromatic N) is 2. The Balaban J connectivity index is 1.89. The van der Waals surface area contributed by atoms with Gasteiger partial charge in [0.2, 0.25) is 6.79 Å². The van der Waals surface area contributed by atoms with Crippen LogP contribution in [0.5, 0.6) is 11.5 Å². The number of nitrogen functional groups attached to an aromatic ring is 1. The van der Waals surface area contributed by atoms with Crippen LogP contribution in [0.2, 0.25) is 0 Å². The lowest BCUT2D eigenvalue weighted by atomic mass is 10.2. The second-order valence-electron chi connectivity index (χ2n) is 3.52. The molecule has 1 aromatic heterocycles. The Kier molecular flexibility index (Phi) is 2.18. The molecule has 0 aliphatic carbocycles. The van der Waals surface area contributed by atoms with Crippen LogP contribution in [0.25, 0.3) is 0 Å². The lowest BCUT2D eigenvalue weighted by Crippen LogP contribution is -1.99. The summed E-state index contributed by atoms with van der Waals surface area (Å²) in [7, 11) is 0. The highest BCUT2D eigenvalue weighted by Gasteiger charge is 2.13. The zero-order valence-electron chi connectivity index (χ0n) is 8.88. The van der Waals surface area contributed by atoms with E-state index >= 15 is 0 Å². The first kappa shape index (κ1) is 9.71. The zero-order chi connectivity index (χ0) is 11.7. The average molecular weight is 230 g/mol. The number of nitrogens with two attached hydrogens (primary N) is 1. The minimum atomic E-state index is 0.258. The van der Waals surface area contributed by atoms with Gasteiger partial charge in [-0.2, -0.15) is 0 Å². The third kappa shape index (κ3) is 1.80. The van der Waals surface area contributed by atoms with Gasteiger partial charge in [-0.25, -0.2) is 9.97 Å². The maximum absolute atomic E-state index is 5.74. The predicted octanol–water partition coefficient (Wildman–Crippen LogP) is 1.53. The molecule has 2 aromatic rings. The summed E-state index contributed by atoms with van der Waals surface area (Å²) in [5.41, 5.74) is 7.06. The number of ether oxygens (including phenoxy) is 2. The number of fused-ring (bicyclic) bond motifs is 1. The van der Waals surface area contributed by atoms with Crippen LogP contribution < -0.4 is 20.5 Å². The molecule has 0 atom stereocenters. The normalized spacial score (nSPS) is 12.5. The van der Waals surface area contributed by atoms with Crippen LogP contribution >= 0.6 is 0 Å². The van der Waals surface area contributed by atoms with E-state index in [0.29, 0.717) is 17.3 Å². The van der Waals surface area contributed by atoms with Gasteiger partial charge in [-0.3, -0.25) is 0 Å². The fourth-order valence-corrected chi connectivity index (χ4v) is 1.56. The number of hydrogen-bond acceptors (Lipinski definition) is 6. The summed E-state index contributed by atoms with van der Waals surface area (Å²) in [6.07, 6.45) is 2.98. The van der Waals surface area contributed by atoms with Crippen LogP contribution in [0, 0.1) is 0 Å². The van der Waals surface area contributed by atoms with Gasteiger partial charge in [-0.1, -0.05) is 0 Å². The van der Waals surface area contributed by atoms with Gasteiger partial charge in [0.1, 0.15) is 6.33 Å². The third-order valence-electron chi connectivity index (χ3n) is 2.38. The topological polar surface area (TPSA) is 82.3 Å². The monoisotopic (exact) mass is 230 g/mol. The summed E-state index contributed by atoms with van der Waals surface area (Å²) >= 11 is 0. The van der Waals surface area contributed by atoms with Crippen LogP contribution in [0.15, 0.2) is 30.7 Å². The van der Waals surface area contributed by atoms with Crippen LogP contribution in [0.3, 0.4) is 0 Å². The second kappa shape index (κ2) is 3.82. The number of aromatic nitrogens is 2. The largest absolute Gasteiger partial charge is 0.454 e. The average Bonchev–Trinajstić information content (AvgIpc) is 2.79. The number of benzene rings is 1. The molecule has 0 spiro atoms. The molecule has 1 aliphatic heterocycles. The predicted molar refractivity (Wildman–Crippen MR) is 62.3 cm³/mol. The second-order valence-corrected chi connectivity index (χ2v) is 3.52. The fraction of sp³-hybridized carbons (Fsp3) is 0.0909. The summed E-state index contributed by atoms with van der Waals surface area (Å²) in [4.78, 5) is 7.87.